The highest BCUT2D eigenvalue weighted by atomic mass is 35.5. The highest BCUT2D eigenvalue weighted by Crippen LogP contribution is 2.35. The number of carbonyl (C=O) groups excluding carboxylic acids is 1. The summed E-state index contributed by atoms with van der Waals surface area (Å²) in [6.45, 7) is 1.77. The van der Waals surface area contributed by atoms with Gasteiger partial charge >= 0.3 is 0 Å². The van der Waals surface area contributed by atoms with Crippen LogP contribution in [0.2, 0.25) is 0 Å². The van der Waals surface area contributed by atoms with Crippen LogP contribution < -0.4 is 5.73 Å². The molecule has 0 saturated carbocycles. The first-order chi connectivity index (χ1) is 12.8. The minimum Gasteiger partial charge on any atom is -0.368 e. The lowest BCUT2D eigenvalue weighted by atomic mass is 9.84. The molecule has 0 spiro atoms. The third kappa shape index (κ3) is 4.00. The van der Waals surface area contributed by atoms with E-state index in [1.807, 2.05) is 0 Å². The van der Waals surface area contributed by atoms with Gasteiger partial charge in [0.2, 0.25) is 15.9 Å². The van der Waals surface area contributed by atoms with Gasteiger partial charge in [0.05, 0.1) is 4.92 Å². The van der Waals surface area contributed by atoms with Crippen molar-refractivity contribution in [2.75, 3.05) is 26.2 Å². The lowest BCUT2D eigenvalue weighted by molar-refractivity contribution is -0.387. The molecule has 11 heteroatoms. The van der Waals surface area contributed by atoms with E-state index < -0.39 is 32.1 Å². The number of carbonyl (C=O) groups is 1. The molecule has 0 unspecified atom stereocenters. The van der Waals surface area contributed by atoms with Gasteiger partial charge in [0.25, 0.3) is 5.69 Å². The summed E-state index contributed by atoms with van der Waals surface area (Å²) in [6.07, 6.45) is 3.69. The highest BCUT2D eigenvalue weighted by Gasteiger charge is 2.47. The van der Waals surface area contributed by atoms with Gasteiger partial charge in [0.1, 0.15) is 5.54 Å². The van der Waals surface area contributed by atoms with Crippen molar-refractivity contribution >= 4 is 34.0 Å². The first kappa shape index (κ1) is 22.5. The Bertz CT molecular complexity index is 834. The number of nitrogens with zero attached hydrogens (tertiary/aromatic N) is 3. The number of para-hydroxylation sites is 1. The number of halogens is 1. The van der Waals surface area contributed by atoms with Crippen LogP contribution in [0.15, 0.2) is 29.2 Å². The van der Waals surface area contributed by atoms with E-state index in [2.05, 4.69) is 4.90 Å². The van der Waals surface area contributed by atoms with Gasteiger partial charge in [-0.1, -0.05) is 18.6 Å². The molecular formula is C17H25ClN4O5S. The molecular weight excluding hydrogens is 408 g/mol. The average molecular weight is 433 g/mol. The van der Waals surface area contributed by atoms with Crippen LogP contribution in [0.25, 0.3) is 0 Å². The number of sulfonamides is 1. The molecule has 2 heterocycles. The number of amides is 1. The summed E-state index contributed by atoms with van der Waals surface area (Å²) in [4.78, 5) is 24.5. The molecule has 0 atom stereocenters. The zero-order chi connectivity index (χ0) is 19.7. The van der Waals surface area contributed by atoms with Crippen LogP contribution in [0.1, 0.15) is 32.1 Å². The topological polar surface area (TPSA) is 127 Å². The summed E-state index contributed by atoms with van der Waals surface area (Å²) in [5, 5.41) is 11.2. The minimum atomic E-state index is -4.02. The fourth-order valence-electron chi connectivity index (χ4n) is 4.10. The predicted molar refractivity (Wildman–Crippen MR) is 106 cm³/mol. The SMILES string of the molecule is Cl.NC(=O)C1(N2CCCCC2)CCN(S(=O)(=O)c2ccccc2[N+](=O)[O-])CC1. The van der Waals surface area contributed by atoms with E-state index in [0.29, 0.717) is 12.8 Å². The smallest absolute Gasteiger partial charge is 0.289 e. The highest BCUT2D eigenvalue weighted by molar-refractivity contribution is 7.89. The zero-order valence-corrected chi connectivity index (χ0v) is 17.1. The number of hydrogen-bond donors (Lipinski definition) is 1. The van der Waals surface area contributed by atoms with Crippen LogP contribution in [0, 0.1) is 10.1 Å². The summed E-state index contributed by atoms with van der Waals surface area (Å²) in [5.74, 6) is -0.424. The Morgan fingerprint density at radius 2 is 1.64 bits per heavy atom. The van der Waals surface area contributed by atoms with E-state index >= 15 is 0 Å². The van der Waals surface area contributed by atoms with Crippen molar-refractivity contribution in [3.63, 3.8) is 0 Å². The molecule has 1 amide bonds. The van der Waals surface area contributed by atoms with E-state index in [1.54, 1.807) is 0 Å². The molecule has 3 rings (SSSR count). The molecule has 0 aliphatic carbocycles. The summed E-state index contributed by atoms with van der Waals surface area (Å²) >= 11 is 0. The van der Waals surface area contributed by atoms with Crippen LogP contribution in [-0.4, -0.2) is 60.2 Å². The van der Waals surface area contributed by atoms with Crippen LogP contribution in [0.5, 0.6) is 0 Å². The van der Waals surface area contributed by atoms with Gasteiger partial charge in [0.15, 0.2) is 4.90 Å². The van der Waals surface area contributed by atoms with Crippen LogP contribution in [-0.2, 0) is 14.8 Å². The molecule has 28 heavy (non-hydrogen) atoms. The Hall–Kier alpha value is -1.75. The fraction of sp³-hybridized carbons (Fsp3) is 0.588. The molecule has 2 saturated heterocycles. The van der Waals surface area contributed by atoms with E-state index in [0.717, 1.165) is 32.4 Å². The van der Waals surface area contributed by atoms with Gasteiger partial charge in [-0.2, -0.15) is 4.31 Å². The molecule has 2 fully saturated rings. The second-order valence-electron chi connectivity index (χ2n) is 7.07. The average Bonchev–Trinajstić information content (AvgIpc) is 2.68. The minimum absolute atomic E-state index is 0. The Kier molecular flexibility index (Phi) is 7.02. The van der Waals surface area contributed by atoms with E-state index in [1.165, 1.54) is 28.6 Å². The molecule has 0 radical (unpaired) electrons. The first-order valence-corrected chi connectivity index (χ1v) is 10.5. The Morgan fingerprint density at radius 3 is 2.18 bits per heavy atom. The number of nitro benzene ring substituents is 1. The Morgan fingerprint density at radius 1 is 1.07 bits per heavy atom. The number of nitro groups is 1. The molecule has 156 valence electrons. The van der Waals surface area contributed by atoms with Crippen LogP contribution >= 0.6 is 12.4 Å². The normalized spacial score (nSPS) is 20.9. The second-order valence-corrected chi connectivity index (χ2v) is 8.98. The van der Waals surface area contributed by atoms with E-state index in [4.69, 9.17) is 5.73 Å². The van der Waals surface area contributed by atoms with E-state index in [-0.39, 0.29) is 30.4 Å². The van der Waals surface area contributed by atoms with E-state index in [9.17, 15) is 23.3 Å². The molecule has 1 aromatic carbocycles. The number of likely N-dealkylation sites (tertiary alicyclic amines) is 1. The number of benzene rings is 1. The summed E-state index contributed by atoms with van der Waals surface area (Å²) in [5.41, 5.74) is 4.44. The summed E-state index contributed by atoms with van der Waals surface area (Å²) in [7, 11) is -4.02. The standard InChI is InChI=1S/C17H24N4O5S.ClH/c18-16(22)17(19-10-4-1-5-11-19)8-12-20(13-9-17)27(25,26)15-7-3-2-6-14(15)21(23)24;/h2-3,6-7H,1,4-5,8-13H2,(H2,18,22);1H. The molecule has 2 aliphatic rings. The van der Waals surface area contributed by atoms with Crippen LogP contribution in [0.4, 0.5) is 5.69 Å². The van der Waals surface area contributed by atoms with Crippen molar-refractivity contribution in [1.29, 1.82) is 0 Å². The lowest BCUT2D eigenvalue weighted by Gasteiger charge is -2.47. The van der Waals surface area contributed by atoms with Crippen molar-refractivity contribution in [2.24, 2.45) is 5.73 Å². The lowest BCUT2D eigenvalue weighted by Crippen LogP contribution is -2.63. The number of nitrogens with two attached hydrogens (primary N) is 1. The second kappa shape index (κ2) is 8.73. The Balaban J connectivity index is 0.00000280. The first-order valence-electron chi connectivity index (χ1n) is 9.07. The van der Waals surface area contributed by atoms with Gasteiger partial charge in [0, 0.05) is 19.2 Å². The van der Waals surface area contributed by atoms with Crippen molar-refractivity contribution < 1.29 is 18.1 Å². The van der Waals surface area contributed by atoms with Crippen molar-refractivity contribution in [2.45, 2.75) is 42.5 Å². The third-order valence-corrected chi connectivity index (χ3v) is 7.60. The van der Waals surface area contributed by atoms with Crippen molar-refractivity contribution in [1.82, 2.24) is 9.21 Å². The van der Waals surface area contributed by atoms with Gasteiger partial charge in [-0.05, 0) is 44.8 Å². The van der Waals surface area contributed by atoms with Gasteiger partial charge in [-0.15, -0.1) is 12.4 Å². The fourth-order valence-corrected chi connectivity index (χ4v) is 5.70. The maximum absolute atomic E-state index is 13.0. The van der Waals surface area contributed by atoms with Gasteiger partial charge in [-0.3, -0.25) is 19.8 Å². The summed E-state index contributed by atoms with van der Waals surface area (Å²) < 4.78 is 27.1. The molecule has 0 aromatic heterocycles. The molecule has 2 aliphatic heterocycles. The molecule has 1 aromatic rings. The molecule has 0 bridgehead atoms. The monoisotopic (exact) mass is 432 g/mol. The van der Waals surface area contributed by atoms with Crippen LogP contribution in [0.3, 0.4) is 0 Å². The maximum Gasteiger partial charge on any atom is 0.289 e. The number of rotatable bonds is 5. The molecule has 9 nitrogen and oxygen atoms in total. The number of primary amides is 1. The van der Waals surface area contributed by atoms with Crippen molar-refractivity contribution in [3.05, 3.63) is 34.4 Å². The largest absolute Gasteiger partial charge is 0.368 e. The third-order valence-electron chi connectivity index (χ3n) is 5.65. The van der Waals surface area contributed by atoms with Gasteiger partial charge < -0.3 is 5.73 Å². The molecule has 2 N–H and O–H groups in total. The van der Waals surface area contributed by atoms with Crippen molar-refractivity contribution in [3.8, 4) is 0 Å². The number of piperidine rings is 2. The predicted octanol–water partition coefficient (Wildman–Crippen LogP) is 1.51. The quantitative estimate of drug-likeness (QED) is 0.555. The Labute approximate surface area is 170 Å². The number of hydrogen-bond acceptors (Lipinski definition) is 6. The van der Waals surface area contributed by atoms with Gasteiger partial charge in [-0.25, -0.2) is 8.42 Å². The summed E-state index contributed by atoms with van der Waals surface area (Å²) in [6, 6.07) is 5.32. The maximum atomic E-state index is 13.0. The zero-order valence-electron chi connectivity index (χ0n) is 15.5.